The maximum atomic E-state index is 9.00. The summed E-state index contributed by atoms with van der Waals surface area (Å²) in [6.45, 7) is 3.86. The largest absolute Gasteiger partial charge is 0.409 e. The van der Waals surface area contributed by atoms with Gasteiger partial charge in [-0.25, -0.2) is 9.97 Å². The molecule has 0 atom stereocenters. The highest BCUT2D eigenvalue weighted by Crippen LogP contribution is 2.33. The number of aryl methyl sites for hydroxylation is 2. The van der Waals surface area contributed by atoms with E-state index in [1.54, 1.807) is 11.8 Å². The van der Waals surface area contributed by atoms with E-state index in [1.165, 1.54) is 11.8 Å². The van der Waals surface area contributed by atoms with Crippen molar-refractivity contribution in [3.63, 3.8) is 0 Å². The van der Waals surface area contributed by atoms with Crippen LogP contribution >= 0.6 is 23.5 Å². The fourth-order valence-electron chi connectivity index (χ4n) is 1.91. The number of thioether (sulfide) groups is 1. The van der Waals surface area contributed by atoms with Crippen molar-refractivity contribution in [1.29, 1.82) is 0 Å². The lowest BCUT2D eigenvalue weighted by molar-refractivity contribution is 0.318. The van der Waals surface area contributed by atoms with Gasteiger partial charge in [0, 0.05) is 26.7 Å². The third-order valence-corrected chi connectivity index (χ3v) is 4.44. The number of nitrogens with zero attached hydrogens (tertiary/aromatic N) is 3. The van der Waals surface area contributed by atoms with Crippen molar-refractivity contribution in [2.45, 2.75) is 28.8 Å². The molecular weight excluding hydrogens is 304 g/mol. The molecule has 2 rings (SSSR count). The summed E-state index contributed by atoms with van der Waals surface area (Å²) in [5.41, 5.74) is 8.35. The Morgan fingerprint density at radius 3 is 2.38 bits per heavy atom. The van der Waals surface area contributed by atoms with Crippen LogP contribution in [0.2, 0.25) is 0 Å². The first-order chi connectivity index (χ1) is 10.0. The Bertz CT molecular complexity index is 668. The Kier molecular flexibility index (Phi) is 5.08. The summed E-state index contributed by atoms with van der Waals surface area (Å²) in [7, 11) is 0. The predicted molar refractivity (Wildman–Crippen MR) is 86.4 cm³/mol. The van der Waals surface area contributed by atoms with Crippen molar-refractivity contribution in [2.75, 3.05) is 6.26 Å². The maximum Gasteiger partial charge on any atom is 0.192 e. The Hall–Kier alpha value is -1.73. The molecule has 0 bridgehead atoms. The molecule has 0 saturated heterocycles. The number of nitrogens with two attached hydrogens (primary N) is 1. The third-order valence-electron chi connectivity index (χ3n) is 2.73. The van der Waals surface area contributed by atoms with Crippen LogP contribution in [0.15, 0.2) is 44.4 Å². The SMILES string of the molecule is CSc1cccc(Sc2nc(C)cc(C)n2)c1/C(N)=N/O. The van der Waals surface area contributed by atoms with E-state index in [9.17, 15) is 0 Å². The number of oxime groups is 1. The highest BCUT2D eigenvalue weighted by atomic mass is 32.2. The standard InChI is InChI=1S/C14H16N4OS2/c1-8-7-9(2)17-14(16-8)21-11-6-4-5-10(20-3)12(11)13(15)18-19/h4-7,19H,1-3H3,(H2,15,18). The van der Waals surface area contributed by atoms with Gasteiger partial charge >= 0.3 is 0 Å². The average molecular weight is 320 g/mol. The molecule has 0 fully saturated rings. The molecule has 2 aromatic rings. The van der Waals surface area contributed by atoms with E-state index in [0.717, 1.165) is 21.2 Å². The lowest BCUT2D eigenvalue weighted by Gasteiger charge is -2.11. The van der Waals surface area contributed by atoms with Gasteiger partial charge in [-0.1, -0.05) is 11.2 Å². The fraction of sp³-hybridized carbons (Fsp3) is 0.214. The van der Waals surface area contributed by atoms with E-state index < -0.39 is 0 Å². The molecule has 0 radical (unpaired) electrons. The van der Waals surface area contributed by atoms with E-state index in [1.807, 2.05) is 44.4 Å². The van der Waals surface area contributed by atoms with Gasteiger partial charge < -0.3 is 10.9 Å². The van der Waals surface area contributed by atoms with Crippen molar-refractivity contribution < 1.29 is 5.21 Å². The van der Waals surface area contributed by atoms with Crippen LogP contribution in [-0.4, -0.2) is 27.3 Å². The Balaban J connectivity index is 2.48. The van der Waals surface area contributed by atoms with E-state index >= 15 is 0 Å². The number of hydrogen-bond acceptors (Lipinski definition) is 6. The van der Waals surface area contributed by atoms with Crippen molar-refractivity contribution in [1.82, 2.24) is 9.97 Å². The molecule has 3 N–H and O–H groups in total. The minimum absolute atomic E-state index is 0.0897. The molecule has 0 aliphatic carbocycles. The van der Waals surface area contributed by atoms with Gasteiger partial charge in [-0.2, -0.15) is 0 Å². The molecule has 110 valence electrons. The minimum atomic E-state index is 0.0897. The van der Waals surface area contributed by atoms with Gasteiger partial charge in [0.25, 0.3) is 0 Å². The van der Waals surface area contributed by atoms with Crippen LogP contribution in [-0.2, 0) is 0 Å². The third kappa shape index (κ3) is 3.68. The monoisotopic (exact) mass is 320 g/mol. The number of rotatable bonds is 4. The summed E-state index contributed by atoms with van der Waals surface area (Å²) in [6.07, 6.45) is 1.95. The zero-order valence-electron chi connectivity index (χ0n) is 12.0. The van der Waals surface area contributed by atoms with Crippen molar-refractivity contribution in [2.24, 2.45) is 10.9 Å². The average Bonchev–Trinajstić information content (AvgIpc) is 2.45. The maximum absolute atomic E-state index is 9.00. The zero-order chi connectivity index (χ0) is 15.4. The van der Waals surface area contributed by atoms with Gasteiger partial charge in [0.05, 0.1) is 0 Å². The molecule has 5 nitrogen and oxygen atoms in total. The highest BCUT2D eigenvalue weighted by molar-refractivity contribution is 7.99. The molecule has 1 aromatic carbocycles. The molecule has 1 aromatic heterocycles. The van der Waals surface area contributed by atoms with E-state index in [-0.39, 0.29) is 5.84 Å². The summed E-state index contributed by atoms with van der Waals surface area (Å²) < 4.78 is 0. The van der Waals surface area contributed by atoms with Gasteiger partial charge in [0.15, 0.2) is 11.0 Å². The molecule has 0 aliphatic rings. The number of aromatic nitrogens is 2. The van der Waals surface area contributed by atoms with Crippen LogP contribution in [0.5, 0.6) is 0 Å². The molecule has 1 heterocycles. The van der Waals surface area contributed by atoms with Crippen LogP contribution in [0.3, 0.4) is 0 Å². The fourth-order valence-corrected chi connectivity index (χ4v) is 3.64. The van der Waals surface area contributed by atoms with E-state index in [0.29, 0.717) is 10.7 Å². The van der Waals surface area contributed by atoms with Gasteiger partial charge in [0.2, 0.25) is 0 Å². The Labute approximate surface area is 132 Å². The summed E-state index contributed by atoms with van der Waals surface area (Å²) in [5.74, 6) is 0.0897. The molecule has 0 saturated carbocycles. The van der Waals surface area contributed by atoms with Crippen molar-refractivity contribution in [3.05, 3.63) is 41.2 Å². The smallest absolute Gasteiger partial charge is 0.192 e. The zero-order valence-corrected chi connectivity index (χ0v) is 13.6. The topological polar surface area (TPSA) is 84.4 Å². The predicted octanol–water partition coefficient (Wildman–Crippen LogP) is 3.06. The second kappa shape index (κ2) is 6.82. The molecule has 0 aliphatic heterocycles. The van der Waals surface area contributed by atoms with Gasteiger partial charge in [-0.3, -0.25) is 0 Å². The summed E-state index contributed by atoms with van der Waals surface area (Å²) >= 11 is 2.95. The minimum Gasteiger partial charge on any atom is -0.409 e. The second-order valence-electron chi connectivity index (χ2n) is 4.35. The normalized spacial score (nSPS) is 11.7. The van der Waals surface area contributed by atoms with Crippen LogP contribution in [0.4, 0.5) is 0 Å². The number of benzene rings is 1. The lowest BCUT2D eigenvalue weighted by Crippen LogP contribution is -2.15. The van der Waals surface area contributed by atoms with Gasteiger partial charge in [-0.05, 0) is 50.1 Å². The van der Waals surface area contributed by atoms with Crippen LogP contribution in [0, 0.1) is 13.8 Å². The first kappa shape index (κ1) is 15.7. The Morgan fingerprint density at radius 2 is 1.81 bits per heavy atom. The van der Waals surface area contributed by atoms with Gasteiger partial charge in [0.1, 0.15) is 0 Å². The number of hydrogen-bond donors (Lipinski definition) is 2. The quantitative estimate of drug-likeness (QED) is 0.225. The van der Waals surface area contributed by atoms with E-state index in [4.69, 9.17) is 10.9 Å². The molecule has 0 amide bonds. The first-order valence-corrected chi connectivity index (χ1v) is 8.24. The van der Waals surface area contributed by atoms with Gasteiger partial charge in [-0.15, -0.1) is 11.8 Å². The molecule has 0 spiro atoms. The molecule has 7 heteroatoms. The second-order valence-corrected chi connectivity index (χ2v) is 6.21. The molecular formula is C14H16N4OS2. The lowest BCUT2D eigenvalue weighted by atomic mass is 10.2. The van der Waals surface area contributed by atoms with Crippen LogP contribution in [0.25, 0.3) is 0 Å². The molecule has 21 heavy (non-hydrogen) atoms. The molecule has 0 unspecified atom stereocenters. The summed E-state index contributed by atoms with van der Waals surface area (Å²) in [6, 6.07) is 7.71. The van der Waals surface area contributed by atoms with Crippen LogP contribution in [0.1, 0.15) is 17.0 Å². The first-order valence-electron chi connectivity index (χ1n) is 6.20. The van der Waals surface area contributed by atoms with Crippen LogP contribution < -0.4 is 5.73 Å². The van der Waals surface area contributed by atoms with Crippen molar-refractivity contribution in [3.8, 4) is 0 Å². The Morgan fingerprint density at radius 1 is 1.19 bits per heavy atom. The van der Waals surface area contributed by atoms with E-state index in [2.05, 4.69) is 15.1 Å². The summed E-state index contributed by atoms with van der Waals surface area (Å²) in [5, 5.41) is 12.8. The van der Waals surface area contributed by atoms with Crippen molar-refractivity contribution >= 4 is 29.4 Å². The highest BCUT2D eigenvalue weighted by Gasteiger charge is 2.14. The summed E-state index contributed by atoms with van der Waals surface area (Å²) in [4.78, 5) is 10.6. The number of amidine groups is 1.